The summed E-state index contributed by atoms with van der Waals surface area (Å²) in [4.78, 5) is 0. The highest BCUT2D eigenvalue weighted by Crippen LogP contribution is 2.63. The minimum atomic E-state index is -0.325. The normalized spacial score (nSPS) is 14.1. The second-order valence-corrected chi connectivity index (χ2v) is 17.9. The Hall–Kier alpha value is -7.22. The number of furan rings is 1. The smallest absolute Gasteiger partial charge is 0.135 e. The molecule has 0 unspecified atom stereocenters. The van der Waals surface area contributed by atoms with Gasteiger partial charge in [-0.1, -0.05) is 196 Å². The van der Waals surface area contributed by atoms with Crippen LogP contribution in [0.1, 0.15) is 63.9 Å². The van der Waals surface area contributed by atoms with Crippen LogP contribution in [0.3, 0.4) is 0 Å². The fourth-order valence-electron chi connectivity index (χ4n) is 11.5. The van der Waals surface area contributed by atoms with Crippen LogP contribution in [-0.4, -0.2) is 0 Å². The maximum atomic E-state index is 5.73. The van der Waals surface area contributed by atoms with Crippen LogP contribution in [0.25, 0.3) is 66.4 Å². The molecular formula is C61H46O. The maximum Gasteiger partial charge on any atom is 0.135 e. The molecule has 13 rings (SSSR count). The van der Waals surface area contributed by atoms with E-state index in [0.29, 0.717) is 0 Å². The molecule has 0 saturated heterocycles. The maximum absolute atomic E-state index is 5.73. The highest BCUT2D eigenvalue weighted by atomic mass is 16.3. The Balaban J connectivity index is 0.000000247. The highest BCUT2D eigenvalue weighted by Gasteiger charge is 2.51. The van der Waals surface area contributed by atoms with E-state index in [1.807, 2.05) is 30.3 Å². The predicted molar refractivity (Wildman–Crippen MR) is 258 cm³/mol. The minimum Gasteiger partial charge on any atom is -0.456 e. The van der Waals surface area contributed by atoms with Crippen LogP contribution >= 0.6 is 0 Å². The van der Waals surface area contributed by atoms with Gasteiger partial charge in [-0.25, -0.2) is 0 Å². The quantitative estimate of drug-likeness (QED) is 0.173. The van der Waals surface area contributed by atoms with Crippen LogP contribution in [0.4, 0.5) is 0 Å². The first-order valence-electron chi connectivity index (χ1n) is 22.1. The van der Waals surface area contributed by atoms with Crippen LogP contribution in [0.15, 0.2) is 205 Å². The van der Waals surface area contributed by atoms with Gasteiger partial charge in [0, 0.05) is 16.2 Å². The van der Waals surface area contributed by atoms with Crippen molar-refractivity contribution >= 4 is 21.9 Å². The summed E-state index contributed by atoms with van der Waals surface area (Å²) in [6.07, 6.45) is 2.00. The molecule has 0 saturated carbocycles. The molecule has 1 aromatic heterocycles. The van der Waals surface area contributed by atoms with E-state index in [2.05, 4.69) is 191 Å². The molecule has 62 heavy (non-hydrogen) atoms. The summed E-state index contributed by atoms with van der Waals surface area (Å²) in [6, 6.07) is 73.9. The molecule has 9 aromatic carbocycles. The third-order valence-corrected chi connectivity index (χ3v) is 14.3. The molecule has 1 heteroatoms. The van der Waals surface area contributed by atoms with Crippen molar-refractivity contribution in [2.45, 2.75) is 44.4 Å². The molecule has 1 spiro atoms. The average Bonchev–Trinajstić information content (AvgIpc) is 4.01. The lowest BCUT2D eigenvalue weighted by Crippen LogP contribution is -2.25. The number of aryl methyl sites for hydroxylation is 3. The molecular weight excluding hydrogens is 749 g/mol. The van der Waals surface area contributed by atoms with Crippen molar-refractivity contribution in [3.8, 4) is 44.5 Å². The summed E-state index contributed by atoms with van der Waals surface area (Å²) >= 11 is 0. The van der Waals surface area contributed by atoms with Gasteiger partial charge in [0.1, 0.15) is 11.2 Å². The monoisotopic (exact) mass is 794 g/mol. The van der Waals surface area contributed by atoms with Gasteiger partial charge in [-0.2, -0.15) is 0 Å². The van der Waals surface area contributed by atoms with Gasteiger partial charge in [-0.05, 0) is 133 Å². The molecule has 0 N–H and O–H groups in total. The van der Waals surface area contributed by atoms with Gasteiger partial charge in [0.15, 0.2) is 0 Å². The second kappa shape index (κ2) is 13.9. The van der Waals surface area contributed by atoms with Crippen LogP contribution in [-0.2, 0) is 23.7 Å². The van der Waals surface area contributed by atoms with Gasteiger partial charge in [0.2, 0.25) is 0 Å². The Morgan fingerprint density at radius 3 is 1.60 bits per heavy atom. The summed E-state index contributed by atoms with van der Waals surface area (Å²) in [6.45, 7) is 6.86. The van der Waals surface area contributed by atoms with Crippen molar-refractivity contribution in [2.24, 2.45) is 0 Å². The van der Waals surface area contributed by atoms with E-state index < -0.39 is 0 Å². The molecule has 3 aliphatic carbocycles. The molecule has 0 bridgehead atoms. The Labute approximate surface area is 364 Å². The van der Waals surface area contributed by atoms with Crippen LogP contribution in [0.5, 0.6) is 0 Å². The fraction of sp³-hybridized carbons (Fsp3) is 0.115. The van der Waals surface area contributed by atoms with Gasteiger partial charge in [0.05, 0.1) is 5.41 Å². The van der Waals surface area contributed by atoms with Crippen molar-refractivity contribution in [3.63, 3.8) is 0 Å². The van der Waals surface area contributed by atoms with E-state index >= 15 is 0 Å². The van der Waals surface area contributed by atoms with Crippen molar-refractivity contribution < 1.29 is 4.42 Å². The molecule has 296 valence electrons. The molecule has 0 aliphatic heterocycles. The Bertz CT molecular complexity index is 3350. The minimum absolute atomic E-state index is 0.0231. The van der Waals surface area contributed by atoms with Gasteiger partial charge >= 0.3 is 0 Å². The Kier molecular flexibility index (Phi) is 8.22. The van der Waals surface area contributed by atoms with Crippen LogP contribution in [0, 0.1) is 6.92 Å². The number of rotatable bonds is 4. The molecule has 1 nitrogen and oxygen atoms in total. The predicted octanol–water partition coefficient (Wildman–Crippen LogP) is 15.7. The number of benzene rings is 9. The number of hydrogen-bond acceptors (Lipinski definition) is 1. The summed E-state index contributed by atoms with van der Waals surface area (Å²) in [5.74, 6) is 0. The fourth-order valence-corrected chi connectivity index (χ4v) is 11.5. The molecule has 0 radical (unpaired) electrons. The van der Waals surface area contributed by atoms with Crippen molar-refractivity contribution in [3.05, 3.63) is 250 Å². The first-order chi connectivity index (χ1) is 30.4. The highest BCUT2D eigenvalue weighted by molar-refractivity contribution is 6.06. The SMILES string of the molecule is CC1(C)c2ccccc2-c2c(CCc3ccccc3-c3ccc4c(c3)C3(c5ccccc5-c5ccccc53)c3ccccc3-4)cccc21.Cc1cccc2oc3ccccc3c12. The van der Waals surface area contributed by atoms with Crippen LogP contribution in [0.2, 0.25) is 0 Å². The van der Waals surface area contributed by atoms with E-state index in [1.165, 1.54) is 105 Å². The van der Waals surface area contributed by atoms with E-state index in [1.54, 1.807) is 0 Å². The molecule has 0 fully saturated rings. The zero-order chi connectivity index (χ0) is 41.6. The van der Waals surface area contributed by atoms with Crippen LogP contribution < -0.4 is 0 Å². The molecule has 10 aromatic rings. The second-order valence-electron chi connectivity index (χ2n) is 17.9. The molecule has 0 amide bonds. The van der Waals surface area contributed by atoms with E-state index in [-0.39, 0.29) is 10.8 Å². The standard InChI is InChI=1S/C48H36.C13H10O/c1-47(2)40-21-9-8-20-39(40)46-32(15-13-25-44(46)47)27-26-31-14-3-4-16-34(31)33-28-29-38-37-19-7-12-24-43(37)48(45(38)30-33)41-22-10-5-17-35(41)36-18-6-11-23-42(36)48;1-9-5-4-8-12-13(9)10-6-2-3-7-11(10)14-12/h3-25,28-30H,26-27H2,1-2H3;2-8H,1H3. The van der Waals surface area contributed by atoms with Gasteiger partial charge in [-0.3, -0.25) is 0 Å². The Morgan fingerprint density at radius 2 is 0.887 bits per heavy atom. The molecule has 3 aliphatic rings. The van der Waals surface area contributed by atoms with Crippen molar-refractivity contribution in [1.82, 2.24) is 0 Å². The Morgan fingerprint density at radius 1 is 0.387 bits per heavy atom. The lowest BCUT2D eigenvalue weighted by molar-refractivity contribution is 0.660. The summed E-state index contributed by atoms with van der Waals surface area (Å²) in [5, 5.41) is 2.45. The lowest BCUT2D eigenvalue weighted by atomic mass is 9.70. The summed E-state index contributed by atoms with van der Waals surface area (Å²) in [5.41, 5.74) is 25.1. The third kappa shape index (κ3) is 5.21. The van der Waals surface area contributed by atoms with Crippen molar-refractivity contribution in [2.75, 3.05) is 0 Å². The van der Waals surface area contributed by atoms with Gasteiger partial charge < -0.3 is 4.42 Å². The topological polar surface area (TPSA) is 13.1 Å². The van der Waals surface area contributed by atoms with Gasteiger partial charge in [0.25, 0.3) is 0 Å². The van der Waals surface area contributed by atoms with E-state index in [9.17, 15) is 0 Å². The zero-order valence-electron chi connectivity index (χ0n) is 35.4. The summed E-state index contributed by atoms with van der Waals surface area (Å²) in [7, 11) is 0. The summed E-state index contributed by atoms with van der Waals surface area (Å²) < 4.78 is 5.73. The molecule has 1 heterocycles. The van der Waals surface area contributed by atoms with E-state index in [0.717, 1.165) is 24.0 Å². The third-order valence-electron chi connectivity index (χ3n) is 14.3. The number of fused-ring (bicyclic) bond motifs is 16. The van der Waals surface area contributed by atoms with Crippen molar-refractivity contribution in [1.29, 1.82) is 0 Å². The molecule has 0 atom stereocenters. The first kappa shape index (κ1) is 36.6. The number of hydrogen-bond donors (Lipinski definition) is 0. The first-order valence-corrected chi connectivity index (χ1v) is 22.1. The number of para-hydroxylation sites is 1. The largest absolute Gasteiger partial charge is 0.456 e. The van der Waals surface area contributed by atoms with E-state index in [4.69, 9.17) is 4.42 Å². The zero-order valence-corrected chi connectivity index (χ0v) is 35.4. The lowest BCUT2D eigenvalue weighted by Gasteiger charge is -2.30. The average molecular weight is 795 g/mol. The van der Waals surface area contributed by atoms with Gasteiger partial charge in [-0.15, -0.1) is 0 Å².